The topological polar surface area (TPSA) is 46.3 Å². The van der Waals surface area contributed by atoms with Crippen molar-refractivity contribution >= 4 is 17.7 Å². The molecule has 27 heavy (non-hydrogen) atoms. The summed E-state index contributed by atoms with van der Waals surface area (Å²) in [4.78, 5) is 4.17. The van der Waals surface area contributed by atoms with Gasteiger partial charge in [0.1, 0.15) is 12.0 Å². The van der Waals surface area contributed by atoms with E-state index in [2.05, 4.69) is 87.2 Å². The van der Waals surface area contributed by atoms with Crippen LogP contribution in [0.2, 0.25) is 0 Å². The zero-order valence-electron chi connectivity index (χ0n) is 15.2. The van der Waals surface area contributed by atoms with Crippen LogP contribution in [-0.4, -0.2) is 15.8 Å². The number of fused-ring (bicyclic) bond motifs is 1. The van der Waals surface area contributed by atoms with E-state index in [0.717, 1.165) is 17.0 Å². The lowest BCUT2D eigenvalue weighted by molar-refractivity contribution is -0.510. The maximum absolute atomic E-state index is 4.23. The molecule has 3 heterocycles. The highest BCUT2D eigenvalue weighted by Crippen LogP contribution is 2.20. The number of hydrogen-bond acceptors (Lipinski definition) is 3. The van der Waals surface area contributed by atoms with Crippen molar-refractivity contribution in [1.29, 1.82) is 0 Å². The van der Waals surface area contributed by atoms with Crippen molar-refractivity contribution in [3.8, 4) is 11.3 Å². The van der Waals surface area contributed by atoms with Crippen molar-refractivity contribution in [2.75, 3.05) is 5.43 Å². The molecule has 0 saturated heterocycles. The van der Waals surface area contributed by atoms with E-state index in [4.69, 9.17) is 0 Å². The van der Waals surface area contributed by atoms with E-state index in [-0.39, 0.29) is 17.0 Å². The van der Waals surface area contributed by atoms with Gasteiger partial charge in [0.15, 0.2) is 5.69 Å². The summed E-state index contributed by atoms with van der Waals surface area (Å²) in [5, 5.41) is 4.23. The molecule has 0 atom stereocenters. The SMILES string of the molecule is Cc1ccc2n(C)c(-c3ccc(/C=N/Nc4ccccn4)cc3)c[n+]2c1.[Br-]. The van der Waals surface area contributed by atoms with Gasteiger partial charge < -0.3 is 17.0 Å². The molecule has 0 unspecified atom stereocenters. The van der Waals surface area contributed by atoms with Crippen molar-refractivity contribution < 1.29 is 21.4 Å². The number of anilines is 1. The molecule has 4 rings (SSSR count). The summed E-state index contributed by atoms with van der Waals surface area (Å²) in [6, 6.07) is 18.3. The number of halogens is 1. The minimum atomic E-state index is 0. The maximum Gasteiger partial charge on any atom is 0.286 e. The molecule has 0 bridgehead atoms. The van der Waals surface area contributed by atoms with E-state index >= 15 is 0 Å². The molecule has 1 aromatic carbocycles. The number of pyridine rings is 2. The summed E-state index contributed by atoms with van der Waals surface area (Å²) < 4.78 is 4.36. The molecular weight excluding hydrogens is 402 g/mol. The van der Waals surface area contributed by atoms with Gasteiger partial charge in [0.2, 0.25) is 0 Å². The van der Waals surface area contributed by atoms with Crippen molar-refractivity contribution in [3.63, 3.8) is 0 Å². The van der Waals surface area contributed by atoms with E-state index in [1.54, 1.807) is 12.4 Å². The van der Waals surface area contributed by atoms with Crippen LogP contribution in [-0.2, 0) is 7.05 Å². The first-order chi connectivity index (χ1) is 12.7. The number of imidazole rings is 1. The number of aryl methyl sites for hydroxylation is 2. The quantitative estimate of drug-likeness (QED) is 0.297. The first-order valence-electron chi connectivity index (χ1n) is 8.48. The Balaban J connectivity index is 0.00000210. The van der Waals surface area contributed by atoms with E-state index in [1.807, 2.05) is 18.2 Å². The molecule has 4 aromatic rings. The average molecular weight is 422 g/mol. The Morgan fingerprint density at radius 1 is 1.04 bits per heavy atom. The zero-order chi connectivity index (χ0) is 17.9. The number of aromatic nitrogens is 3. The zero-order valence-corrected chi connectivity index (χ0v) is 16.8. The van der Waals surface area contributed by atoms with Crippen LogP contribution in [0.5, 0.6) is 0 Å². The number of benzene rings is 1. The Labute approximate surface area is 168 Å². The predicted octanol–water partition coefficient (Wildman–Crippen LogP) is 0.584. The molecule has 0 aliphatic rings. The minimum absolute atomic E-state index is 0. The summed E-state index contributed by atoms with van der Waals surface area (Å²) in [7, 11) is 2.09. The molecule has 0 radical (unpaired) electrons. The van der Waals surface area contributed by atoms with Crippen LogP contribution in [0.4, 0.5) is 5.82 Å². The van der Waals surface area contributed by atoms with E-state index in [0.29, 0.717) is 0 Å². The summed E-state index contributed by atoms with van der Waals surface area (Å²) in [5.41, 5.74) is 8.70. The van der Waals surface area contributed by atoms with Crippen LogP contribution in [0.1, 0.15) is 11.1 Å². The molecular formula is C21H20BrN5. The average Bonchev–Trinajstić information content (AvgIpc) is 2.99. The summed E-state index contributed by atoms with van der Waals surface area (Å²) in [6.45, 7) is 2.10. The van der Waals surface area contributed by atoms with Crippen LogP contribution in [0.15, 0.2) is 78.3 Å². The molecule has 3 aromatic heterocycles. The minimum Gasteiger partial charge on any atom is -1.00 e. The number of nitrogens with one attached hydrogen (secondary N) is 1. The second-order valence-corrected chi connectivity index (χ2v) is 6.25. The Morgan fingerprint density at radius 2 is 1.85 bits per heavy atom. The van der Waals surface area contributed by atoms with Gasteiger partial charge >= 0.3 is 0 Å². The van der Waals surface area contributed by atoms with Crippen LogP contribution in [0, 0.1) is 6.92 Å². The van der Waals surface area contributed by atoms with Gasteiger partial charge in [-0.3, -0.25) is 5.43 Å². The summed E-state index contributed by atoms with van der Waals surface area (Å²) in [5.74, 6) is 0.725. The number of nitrogens with zero attached hydrogens (tertiary/aromatic N) is 4. The molecule has 0 saturated carbocycles. The molecule has 0 fully saturated rings. The lowest BCUT2D eigenvalue weighted by atomic mass is 10.1. The van der Waals surface area contributed by atoms with Gasteiger partial charge in [-0.15, -0.1) is 0 Å². The molecule has 0 aliphatic carbocycles. The van der Waals surface area contributed by atoms with Gasteiger partial charge in [0, 0.05) is 17.8 Å². The molecule has 5 nitrogen and oxygen atoms in total. The molecule has 6 heteroatoms. The standard InChI is InChI=1S/C21H20N5.BrH/c1-16-6-11-21-25(2)19(15-26(21)14-16)18-9-7-17(8-10-18)13-23-24-20-5-3-4-12-22-20;/h3-15H,1-2H3,(H,22,24);1H/q+1;/p-1/b23-13+;. The van der Waals surface area contributed by atoms with E-state index < -0.39 is 0 Å². The van der Waals surface area contributed by atoms with Crippen molar-refractivity contribution in [1.82, 2.24) is 9.55 Å². The smallest absolute Gasteiger partial charge is 0.286 e. The van der Waals surface area contributed by atoms with Crippen LogP contribution in [0.25, 0.3) is 16.9 Å². The number of hydrogen-bond donors (Lipinski definition) is 1. The van der Waals surface area contributed by atoms with Crippen molar-refractivity contribution in [2.24, 2.45) is 12.1 Å². The first-order valence-corrected chi connectivity index (χ1v) is 8.48. The van der Waals surface area contributed by atoms with Crippen LogP contribution in [0.3, 0.4) is 0 Å². The second-order valence-electron chi connectivity index (χ2n) is 6.25. The third-order valence-electron chi connectivity index (χ3n) is 4.33. The Hall–Kier alpha value is -2.99. The van der Waals surface area contributed by atoms with E-state index in [1.165, 1.54) is 16.8 Å². The van der Waals surface area contributed by atoms with Crippen molar-refractivity contribution in [2.45, 2.75) is 6.92 Å². The number of hydrazone groups is 1. The lowest BCUT2D eigenvalue weighted by Crippen LogP contribution is -3.00. The largest absolute Gasteiger partial charge is 1.00 e. The maximum atomic E-state index is 4.23. The van der Waals surface area contributed by atoms with Crippen molar-refractivity contribution in [3.05, 3.63) is 84.3 Å². The molecule has 0 spiro atoms. The fourth-order valence-corrected chi connectivity index (χ4v) is 2.96. The highest BCUT2D eigenvalue weighted by Gasteiger charge is 2.15. The van der Waals surface area contributed by atoms with Gasteiger partial charge in [-0.05, 0) is 48.4 Å². The molecule has 1 N–H and O–H groups in total. The lowest BCUT2D eigenvalue weighted by Gasteiger charge is -2.00. The third-order valence-corrected chi connectivity index (χ3v) is 4.33. The Morgan fingerprint density at radius 3 is 2.59 bits per heavy atom. The van der Waals surface area contributed by atoms with Gasteiger partial charge in [-0.2, -0.15) is 5.10 Å². The fourth-order valence-electron chi connectivity index (χ4n) is 2.96. The molecule has 136 valence electrons. The van der Waals surface area contributed by atoms with Gasteiger partial charge in [-0.25, -0.2) is 14.0 Å². The summed E-state index contributed by atoms with van der Waals surface area (Å²) >= 11 is 0. The van der Waals surface area contributed by atoms with Crippen LogP contribution >= 0.6 is 0 Å². The van der Waals surface area contributed by atoms with Gasteiger partial charge in [0.05, 0.1) is 19.5 Å². The highest BCUT2D eigenvalue weighted by atomic mass is 79.9. The molecule has 0 aliphatic heterocycles. The fraction of sp³-hybridized carbons (Fsp3) is 0.0952. The first kappa shape index (κ1) is 18.8. The highest BCUT2D eigenvalue weighted by molar-refractivity contribution is 5.81. The predicted molar refractivity (Wildman–Crippen MR) is 104 cm³/mol. The molecule has 0 amide bonds. The van der Waals surface area contributed by atoms with Crippen LogP contribution < -0.4 is 26.8 Å². The Bertz CT molecular complexity index is 1070. The monoisotopic (exact) mass is 421 g/mol. The second kappa shape index (κ2) is 8.14. The summed E-state index contributed by atoms with van der Waals surface area (Å²) in [6.07, 6.45) is 7.82. The van der Waals surface area contributed by atoms with Gasteiger partial charge in [-0.1, -0.05) is 18.2 Å². The van der Waals surface area contributed by atoms with Gasteiger partial charge in [0.25, 0.3) is 5.65 Å². The Kier molecular flexibility index (Phi) is 5.66. The number of rotatable bonds is 4. The van der Waals surface area contributed by atoms with E-state index in [9.17, 15) is 0 Å². The third kappa shape index (κ3) is 4.06. The normalized spacial score (nSPS) is 10.9.